The smallest absolute Gasteiger partial charge is 0.323 e. The minimum Gasteiger partial charge on any atom is -0.497 e. The zero-order valence-electron chi connectivity index (χ0n) is 11.5. The lowest BCUT2D eigenvalue weighted by Crippen LogP contribution is -2.27. The van der Waals surface area contributed by atoms with Crippen LogP contribution in [0, 0.1) is 5.82 Å². The topological polar surface area (TPSA) is 50.4 Å². The maximum absolute atomic E-state index is 13.5. The average molecular weight is 276 g/mol. The predicted molar refractivity (Wildman–Crippen MR) is 78.2 cm³/mol. The van der Waals surface area contributed by atoms with Crippen molar-refractivity contribution in [3.8, 4) is 5.75 Å². The van der Waals surface area contributed by atoms with Crippen molar-refractivity contribution in [1.29, 1.82) is 0 Å². The molecule has 1 aromatic carbocycles. The first-order valence-corrected chi connectivity index (χ1v) is 5.86. The van der Waals surface area contributed by atoms with E-state index in [1.165, 1.54) is 25.3 Å². The van der Waals surface area contributed by atoms with E-state index < -0.39 is 11.8 Å². The number of carbonyl (C=O) groups is 1. The van der Waals surface area contributed by atoms with Gasteiger partial charge in [-0.25, -0.2) is 9.18 Å². The summed E-state index contributed by atoms with van der Waals surface area (Å²) in [6.45, 7) is 9.15. The number of urea groups is 1. The summed E-state index contributed by atoms with van der Waals surface area (Å²) in [4.78, 5) is 11.7. The second-order valence-corrected chi connectivity index (χ2v) is 4.13. The Hall–Kier alpha value is -2.56. The number of hydrogen-bond acceptors (Lipinski definition) is 2. The fourth-order valence-electron chi connectivity index (χ4n) is 1.31. The van der Waals surface area contributed by atoms with E-state index >= 15 is 0 Å². The molecule has 1 aromatic rings. The monoisotopic (exact) mass is 276 g/mol. The summed E-state index contributed by atoms with van der Waals surface area (Å²) in [5.41, 5.74) is 1.22. The number of allylic oxidation sites excluding steroid dienone is 3. The predicted octanol–water partition coefficient (Wildman–Crippen LogP) is 3.60. The molecular weight excluding hydrogens is 259 g/mol. The zero-order valence-corrected chi connectivity index (χ0v) is 11.5. The Morgan fingerprint density at radius 1 is 1.35 bits per heavy atom. The molecule has 0 aliphatic rings. The molecule has 20 heavy (non-hydrogen) atoms. The first-order valence-electron chi connectivity index (χ1n) is 5.86. The lowest BCUT2D eigenvalue weighted by molar-refractivity contribution is 0.254. The summed E-state index contributed by atoms with van der Waals surface area (Å²) in [6.07, 6.45) is 3.30. The molecule has 0 aliphatic heterocycles. The van der Waals surface area contributed by atoms with Crippen LogP contribution in [0.15, 0.2) is 54.8 Å². The normalized spacial score (nSPS) is 10.2. The molecule has 4 nitrogen and oxygen atoms in total. The Kier molecular flexibility index (Phi) is 5.53. The molecule has 0 saturated heterocycles. The molecule has 0 radical (unpaired) electrons. The highest BCUT2D eigenvalue weighted by Gasteiger charge is 2.08. The van der Waals surface area contributed by atoms with Gasteiger partial charge in [0, 0.05) is 11.8 Å². The van der Waals surface area contributed by atoms with Crippen molar-refractivity contribution in [2.24, 2.45) is 0 Å². The fourth-order valence-corrected chi connectivity index (χ4v) is 1.31. The molecule has 106 valence electrons. The molecule has 5 heteroatoms. The summed E-state index contributed by atoms with van der Waals surface area (Å²) < 4.78 is 18.5. The van der Waals surface area contributed by atoms with E-state index in [0.29, 0.717) is 11.4 Å². The van der Waals surface area contributed by atoms with Crippen LogP contribution in [0.2, 0.25) is 0 Å². The van der Waals surface area contributed by atoms with Crippen LogP contribution in [0.1, 0.15) is 6.92 Å². The van der Waals surface area contributed by atoms with Gasteiger partial charge in [-0.2, -0.15) is 0 Å². The van der Waals surface area contributed by atoms with Crippen LogP contribution in [-0.4, -0.2) is 13.1 Å². The standard InChI is InChI=1S/C15H17FN2O2/c1-10(2)5-6-11(3)17-15(19)18-14-9-12(20-4)7-8-13(14)16/h5-9H,1,3H2,2,4H3,(H2,17,18,19)/b6-5-. The largest absolute Gasteiger partial charge is 0.497 e. The molecule has 0 fully saturated rings. The number of rotatable bonds is 5. The Labute approximate surface area is 117 Å². The van der Waals surface area contributed by atoms with Crippen LogP contribution in [0.3, 0.4) is 0 Å². The summed E-state index contributed by atoms with van der Waals surface area (Å²) in [6, 6.07) is 3.48. The number of nitrogens with one attached hydrogen (secondary N) is 2. The Morgan fingerprint density at radius 2 is 2.05 bits per heavy atom. The van der Waals surface area contributed by atoms with Crippen molar-refractivity contribution in [3.05, 3.63) is 60.6 Å². The van der Waals surface area contributed by atoms with Gasteiger partial charge in [0.25, 0.3) is 0 Å². The third-order valence-corrected chi connectivity index (χ3v) is 2.26. The molecule has 0 unspecified atom stereocenters. The van der Waals surface area contributed by atoms with E-state index in [1.807, 2.05) is 6.92 Å². The molecule has 0 saturated carbocycles. The molecule has 0 aliphatic carbocycles. The lowest BCUT2D eigenvalue weighted by atomic mass is 10.3. The SMILES string of the molecule is C=C(C)/C=C\C(=C)NC(=O)Nc1cc(OC)ccc1F. The maximum atomic E-state index is 13.5. The summed E-state index contributed by atoms with van der Waals surface area (Å²) >= 11 is 0. The number of ether oxygens (including phenoxy) is 1. The molecule has 2 amide bonds. The van der Waals surface area contributed by atoms with Gasteiger partial charge in [-0.05, 0) is 25.1 Å². The van der Waals surface area contributed by atoms with Gasteiger partial charge in [0.15, 0.2) is 0 Å². The van der Waals surface area contributed by atoms with E-state index in [4.69, 9.17) is 4.74 Å². The van der Waals surface area contributed by atoms with Crippen molar-refractivity contribution in [2.75, 3.05) is 12.4 Å². The van der Waals surface area contributed by atoms with Gasteiger partial charge in [-0.3, -0.25) is 0 Å². The van der Waals surface area contributed by atoms with Gasteiger partial charge in [-0.1, -0.05) is 24.8 Å². The van der Waals surface area contributed by atoms with E-state index in [2.05, 4.69) is 23.8 Å². The maximum Gasteiger partial charge on any atom is 0.323 e. The third-order valence-electron chi connectivity index (χ3n) is 2.26. The molecule has 2 N–H and O–H groups in total. The quantitative estimate of drug-likeness (QED) is 0.807. The highest BCUT2D eigenvalue weighted by molar-refractivity contribution is 5.91. The van der Waals surface area contributed by atoms with Crippen molar-refractivity contribution >= 4 is 11.7 Å². The number of hydrogen-bond donors (Lipinski definition) is 2. The Bertz CT molecular complexity index is 565. The number of benzene rings is 1. The van der Waals surface area contributed by atoms with Gasteiger partial charge < -0.3 is 15.4 Å². The average Bonchev–Trinajstić information content (AvgIpc) is 2.39. The van der Waals surface area contributed by atoms with Crippen molar-refractivity contribution < 1.29 is 13.9 Å². The minimum atomic E-state index is -0.589. The second-order valence-electron chi connectivity index (χ2n) is 4.13. The summed E-state index contributed by atoms with van der Waals surface area (Å²) in [5, 5.41) is 4.85. The van der Waals surface area contributed by atoms with E-state index in [9.17, 15) is 9.18 Å². The molecule has 1 rings (SSSR count). The summed E-state index contributed by atoms with van der Waals surface area (Å²) in [5.74, 6) is -0.105. The van der Waals surface area contributed by atoms with E-state index in [-0.39, 0.29) is 5.69 Å². The molecule has 0 atom stereocenters. The van der Waals surface area contributed by atoms with Gasteiger partial charge in [0.1, 0.15) is 11.6 Å². The highest BCUT2D eigenvalue weighted by Crippen LogP contribution is 2.20. The second kappa shape index (κ2) is 7.13. The van der Waals surface area contributed by atoms with Crippen LogP contribution in [0.25, 0.3) is 0 Å². The van der Waals surface area contributed by atoms with Crippen molar-refractivity contribution in [1.82, 2.24) is 5.32 Å². The van der Waals surface area contributed by atoms with Gasteiger partial charge in [-0.15, -0.1) is 0 Å². The Morgan fingerprint density at radius 3 is 2.65 bits per heavy atom. The number of halogens is 1. The zero-order chi connectivity index (χ0) is 15.1. The fraction of sp³-hybridized carbons (Fsp3) is 0.133. The van der Waals surface area contributed by atoms with Crippen LogP contribution >= 0.6 is 0 Å². The number of anilines is 1. The van der Waals surface area contributed by atoms with E-state index in [1.54, 1.807) is 12.2 Å². The van der Waals surface area contributed by atoms with E-state index in [0.717, 1.165) is 5.57 Å². The molecule has 0 bridgehead atoms. The summed E-state index contributed by atoms with van der Waals surface area (Å²) in [7, 11) is 1.46. The van der Waals surface area contributed by atoms with Gasteiger partial charge in [0.2, 0.25) is 0 Å². The highest BCUT2D eigenvalue weighted by atomic mass is 19.1. The molecule has 0 heterocycles. The van der Waals surface area contributed by atoms with Gasteiger partial charge in [0.05, 0.1) is 12.8 Å². The van der Waals surface area contributed by atoms with Crippen LogP contribution in [0.5, 0.6) is 5.75 Å². The lowest BCUT2D eigenvalue weighted by Gasteiger charge is -2.09. The van der Waals surface area contributed by atoms with Crippen LogP contribution in [0.4, 0.5) is 14.9 Å². The molecular formula is C15H17FN2O2. The first kappa shape index (κ1) is 15.5. The number of carbonyl (C=O) groups excluding carboxylic acids is 1. The first-order chi connectivity index (χ1) is 9.42. The van der Waals surface area contributed by atoms with Crippen molar-refractivity contribution in [2.45, 2.75) is 6.92 Å². The van der Waals surface area contributed by atoms with Crippen LogP contribution < -0.4 is 15.4 Å². The van der Waals surface area contributed by atoms with Crippen LogP contribution in [-0.2, 0) is 0 Å². The van der Waals surface area contributed by atoms with Crippen molar-refractivity contribution in [3.63, 3.8) is 0 Å². The Balaban J connectivity index is 2.67. The van der Waals surface area contributed by atoms with Gasteiger partial charge >= 0.3 is 6.03 Å². The third kappa shape index (κ3) is 4.97. The number of methoxy groups -OCH3 is 1. The number of amides is 2. The molecule has 0 spiro atoms. The minimum absolute atomic E-state index is 0.0264. The molecule has 0 aromatic heterocycles.